The van der Waals surface area contributed by atoms with Crippen LogP contribution in [0.15, 0.2) is 18.3 Å². The van der Waals surface area contributed by atoms with Crippen molar-refractivity contribution in [3.8, 4) is 0 Å². The van der Waals surface area contributed by atoms with Gasteiger partial charge in [-0.25, -0.2) is 9.97 Å². The van der Waals surface area contributed by atoms with Crippen molar-refractivity contribution in [1.29, 1.82) is 0 Å². The summed E-state index contributed by atoms with van der Waals surface area (Å²) in [5.41, 5.74) is 2.16. The Morgan fingerprint density at radius 2 is 2.07 bits per heavy atom. The second-order valence-electron chi connectivity index (χ2n) is 8.45. The highest BCUT2D eigenvalue weighted by Gasteiger charge is 2.27. The lowest BCUT2D eigenvalue weighted by Gasteiger charge is -2.37. The van der Waals surface area contributed by atoms with Crippen molar-refractivity contribution in [2.45, 2.75) is 58.9 Å². The number of hydrogen-bond donors (Lipinski definition) is 0. The number of carbonyl (C=O) groups excluding carboxylic acids is 1. The molecule has 0 saturated carbocycles. The van der Waals surface area contributed by atoms with E-state index in [1.807, 2.05) is 17.0 Å². The molecule has 148 valence electrons. The quantitative estimate of drug-likeness (QED) is 0.745. The van der Waals surface area contributed by atoms with Gasteiger partial charge in [0.05, 0.1) is 12.6 Å². The number of imidazole rings is 1. The number of nitrogens with zero attached hydrogens (tertiary/aromatic N) is 4. The van der Waals surface area contributed by atoms with Crippen molar-refractivity contribution >= 4 is 17.1 Å². The minimum Gasteiger partial charge on any atom is -0.383 e. The van der Waals surface area contributed by atoms with Gasteiger partial charge in [0, 0.05) is 39.2 Å². The molecular weight excluding hydrogens is 340 g/mol. The molecule has 1 unspecified atom stereocenters. The molecule has 0 bridgehead atoms. The third-order valence-electron chi connectivity index (χ3n) is 5.63. The van der Waals surface area contributed by atoms with E-state index >= 15 is 0 Å². The fraction of sp³-hybridized carbons (Fsp3) is 0.667. The number of aromatic nitrogens is 3. The topological polar surface area (TPSA) is 60.2 Å². The van der Waals surface area contributed by atoms with Crippen molar-refractivity contribution in [1.82, 2.24) is 19.4 Å². The summed E-state index contributed by atoms with van der Waals surface area (Å²) in [5, 5.41) is 0. The predicted octanol–water partition coefficient (Wildman–Crippen LogP) is 3.61. The largest absolute Gasteiger partial charge is 0.383 e. The van der Waals surface area contributed by atoms with Crippen molar-refractivity contribution < 1.29 is 9.53 Å². The zero-order chi connectivity index (χ0) is 19.4. The smallest absolute Gasteiger partial charge is 0.222 e. The number of methoxy groups -OCH3 is 1. The Bertz CT molecular complexity index is 774. The summed E-state index contributed by atoms with van der Waals surface area (Å²) >= 11 is 0. The van der Waals surface area contributed by atoms with E-state index in [0.717, 1.165) is 55.8 Å². The number of rotatable bonds is 7. The molecule has 6 heteroatoms. The molecule has 2 aromatic rings. The molecule has 1 atom stereocenters. The van der Waals surface area contributed by atoms with E-state index in [0.29, 0.717) is 18.4 Å². The summed E-state index contributed by atoms with van der Waals surface area (Å²) in [6.07, 6.45) is 6.14. The fourth-order valence-electron chi connectivity index (χ4n) is 3.85. The standard InChI is InChI=1S/C21H32N4O2/c1-16(15-27-4)25-18(23-17-7-6-12-22-20(17)25)8-5-9-19(26)24-13-10-21(2,3)11-14-24/h6-7,12,16H,5,8-11,13-15H2,1-4H3. The number of piperidine rings is 1. The van der Waals surface area contributed by atoms with Gasteiger partial charge in [0.1, 0.15) is 11.3 Å². The van der Waals surface area contributed by atoms with E-state index < -0.39 is 0 Å². The first-order valence-electron chi connectivity index (χ1n) is 10.00. The van der Waals surface area contributed by atoms with E-state index in [2.05, 4.69) is 30.3 Å². The lowest BCUT2D eigenvalue weighted by atomic mass is 9.82. The van der Waals surface area contributed by atoms with Crippen LogP contribution < -0.4 is 0 Å². The Morgan fingerprint density at radius 3 is 2.78 bits per heavy atom. The molecule has 0 aliphatic carbocycles. The van der Waals surface area contributed by atoms with Crippen LogP contribution in [0.4, 0.5) is 0 Å². The van der Waals surface area contributed by atoms with Crippen LogP contribution in [-0.2, 0) is 16.0 Å². The number of ether oxygens (including phenoxy) is 1. The summed E-state index contributed by atoms with van der Waals surface area (Å²) in [4.78, 5) is 23.9. The van der Waals surface area contributed by atoms with E-state index in [4.69, 9.17) is 9.72 Å². The molecule has 1 fully saturated rings. The third-order valence-corrected chi connectivity index (χ3v) is 5.63. The Morgan fingerprint density at radius 1 is 1.33 bits per heavy atom. The molecule has 1 aliphatic rings. The van der Waals surface area contributed by atoms with Crippen molar-refractivity contribution in [3.05, 3.63) is 24.2 Å². The maximum Gasteiger partial charge on any atom is 0.222 e. The number of likely N-dealkylation sites (tertiary alicyclic amines) is 1. The average Bonchev–Trinajstić information content (AvgIpc) is 3.00. The molecule has 0 spiro atoms. The molecule has 1 amide bonds. The first kappa shape index (κ1) is 19.8. The summed E-state index contributed by atoms with van der Waals surface area (Å²) in [6, 6.07) is 4.05. The van der Waals surface area contributed by atoms with Crippen LogP contribution in [0.2, 0.25) is 0 Å². The van der Waals surface area contributed by atoms with Crippen molar-refractivity contribution in [2.75, 3.05) is 26.8 Å². The first-order chi connectivity index (χ1) is 12.9. The van der Waals surface area contributed by atoms with Gasteiger partial charge in [-0.2, -0.15) is 0 Å². The normalized spacial score (nSPS) is 18.0. The minimum atomic E-state index is 0.157. The maximum absolute atomic E-state index is 12.6. The number of aryl methyl sites for hydroxylation is 1. The molecule has 27 heavy (non-hydrogen) atoms. The number of hydrogen-bond acceptors (Lipinski definition) is 4. The van der Waals surface area contributed by atoms with E-state index in [-0.39, 0.29) is 11.9 Å². The van der Waals surface area contributed by atoms with Crippen LogP contribution in [0.25, 0.3) is 11.2 Å². The van der Waals surface area contributed by atoms with Gasteiger partial charge in [-0.05, 0) is 43.7 Å². The van der Waals surface area contributed by atoms with E-state index in [1.54, 1.807) is 13.3 Å². The lowest BCUT2D eigenvalue weighted by molar-refractivity contribution is -0.133. The van der Waals surface area contributed by atoms with Gasteiger partial charge in [-0.1, -0.05) is 13.8 Å². The highest BCUT2D eigenvalue weighted by molar-refractivity contribution is 5.76. The number of pyridine rings is 1. The summed E-state index contributed by atoms with van der Waals surface area (Å²) in [7, 11) is 1.71. The first-order valence-corrected chi connectivity index (χ1v) is 10.00. The number of amides is 1. The second-order valence-corrected chi connectivity index (χ2v) is 8.45. The molecule has 1 aliphatic heterocycles. The summed E-state index contributed by atoms with van der Waals surface area (Å²) < 4.78 is 7.49. The monoisotopic (exact) mass is 372 g/mol. The fourth-order valence-corrected chi connectivity index (χ4v) is 3.85. The highest BCUT2D eigenvalue weighted by atomic mass is 16.5. The Balaban J connectivity index is 1.63. The van der Waals surface area contributed by atoms with Gasteiger partial charge in [0.25, 0.3) is 0 Å². The zero-order valence-corrected chi connectivity index (χ0v) is 17.1. The molecule has 3 rings (SSSR count). The molecular formula is C21H32N4O2. The Hall–Kier alpha value is -1.95. The van der Waals surface area contributed by atoms with Gasteiger partial charge < -0.3 is 14.2 Å². The average molecular weight is 373 g/mol. The molecule has 0 radical (unpaired) electrons. The number of carbonyl (C=O) groups is 1. The molecule has 0 N–H and O–H groups in total. The SMILES string of the molecule is COCC(C)n1c(CCCC(=O)N2CCC(C)(C)CC2)nc2cccnc21. The van der Waals surface area contributed by atoms with Crippen molar-refractivity contribution in [3.63, 3.8) is 0 Å². The second kappa shape index (κ2) is 8.38. The molecule has 0 aromatic carbocycles. The zero-order valence-electron chi connectivity index (χ0n) is 17.1. The Labute approximate surface area is 161 Å². The number of fused-ring (bicyclic) bond motifs is 1. The summed E-state index contributed by atoms with van der Waals surface area (Å²) in [6.45, 7) is 9.07. The lowest BCUT2D eigenvalue weighted by Crippen LogP contribution is -2.41. The van der Waals surface area contributed by atoms with Gasteiger partial charge in [0.15, 0.2) is 5.65 Å². The predicted molar refractivity (Wildman–Crippen MR) is 107 cm³/mol. The molecule has 1 saturated heterocycles. The summed E-state index contributed by atoms with van der Waals surface area (Å²) in [5.74, 6) is 1.26. The van der Waals surface area contributed by atoms with E-state index in [1.165, 1.54) is 0 Å². The van der Waals surface area contributed by atoms with Crippen molar-refractivity contribution in [2.24, 2.45) is 5.41 Å². The van der Waals surface area contributed by atoms with Gasteiger partial charge >= 0.3 is 0 Å². The van der Waals surface area contributed by atoms with E-state index in [9.17, 15) is 4.79 Å². The van der Waals surface area contributed by atoms with Crippen LogP contribution in [0.1, 0.15) is 58.3 Å². The molecule has 3 heterocycles. The van der Waals surface area contributed by atoms with Crippen LogP contribution in [-0.4, -0.2) is 52.1 Å². The van der Waals surface area contributed by atoms with Gasteiger partial charge in [-0.15, -0.1) is 0 Å². The Kier molecular flexibility index (Phi) is 6.15. The van der Waals surface area contributed by atoms with Gasteiger partial charge in [-0.3, -0.25) is 4.79 Å². The van der Waals surface area contributed by atoms with Crippen LogP contribution in [0, 0.1) is 5.41 Å². The van der Waals surface area contributed by atoms with Gasteiger partial charge in [0.2, 0.25) is 5.91 Å². The van der Waals surface area contributed by atoms with Crippen LogP contribution in [0.5, 0.6) is 0 Å². The third kappa shape index (κ3) is 4.67. The van der Waals surface area contributed by atoms with Crippen LogP contribution >= 0.6 is 0 Å². The molecule has 2 aromatic heterocycles. The van der Waals surface area contributed by atoms with Crippen LogP contribution in [0.3, 0.4) is 0 Å². The highest BCUT2D eigenvalue weighted by Crippen LogP contribution is 2.30. The molecule has 6 nitrogen and oxygen atoms in total. The maximum atomic E-state index is 12.6. The minimum absolute atomic E-state index is 0.157.